The van der Waals surface area contributed by atoms with Crippen molar-refractivity contribution < 1.29 is 0 Å². The van der Waals surface area contributed by atoms with Crippen LogP contribution in [0.3, 0.4) is 0 Å². The van der Waals surface area contributed by atoms with E-state index in [0.29, 0.717) is 5.92 Å². The number of rotatable bonds is 3. The summed E-state index contributed by atoms with van der Waals surface area (Å²) in [6.07, 6.45) is 5.72. The van der Waals surface area contributed by atoms with E-state index in [1.165, 1.54) is 11.1 Å². The number of hydrogen-bond acceptors (Lipinski definition) is 0. The molecule has 0 heterocycles. The lowest BCUT2D eigenvalue weighted by Gasteiger charge is -2.03. The molecule has 0 aliphatic carbocycles. The SMILES string of the molecule is C\C(Cl)=C/C=C(\C=C\Cl)C(C)C. The summed E-state index contributed by atoms with van der Waals surface area (Å²) in [4.78, 5) is 0. The molecular formula is C10H14Cl2. The van der Waals surface area contributed by atoms with E-state index in [1.807, 2.05) is 25.2 Å². The minimum atomic E-state index is 0.465. The molecule has 0 aromatic heterocycles. The van der Waals surface area contributed by atoms with Crippen molar-refractivity contribution in [2.24, 2.45) is 5.92 Å². The first-order valence-electron chi connectivity index (χ1n) is 3.88. The van der Waals surface area contributed by atoms with Crippen LogP contribution in [0.1, 0.15) is 20.8 Å². The van der Waals surface area contributed by atoms with Gasteiger partial charge < -0.3 is 0 Å². The van der Waals surface area contributed by atoms with E-state index in [9.17, 15) is 0 Å². The largest absolute Gasteiger partial charge is 0.0929 e. The zero-order valence-corrected chi connectivity index (χ0v) is 9.15. The van der Waals surface area contributed by atoms with Crippen LogP contribution in [-0.4, -0.2) is 0 Å². The Balaban J connectivity index is 4.50. The number of hydrogen-bond donors (Lipinski definition) is 0. The van der Waals surface area contributed by atoms with E-state index in [-0.39, 0.29) is 0 Å². The van der Waals surface area contributed by atoms with Crippen molar-refractivity contribution in [3.63, 3.8) is 0 Å². The topological polar surface area (TPSA) is 0 Å². The van der Waals surface area contributed by atoms with Crippen molar-refractivity contribution in [3.8, 4) is 0 Å². The highest BCUT2D eigenvalue weighted by Crippen LogP contribution is 2.12. The third kappa shape index (κ3) is 5.45. The fraction of sp³-hybridized carbons (Fsp3) is 0.400. The van der Waals surface area contributed by atoms with Gasteiger partial charge in [-0.2, -0.15) is 0 Å². The van der Waals surface area contributed by atoms with E-state index in [0.717, 1.165) is 5.03 Å². The second kappa shape index (κ2) is 6.33. The van der Waals surface area contributed by atoms with Gasteiger partial charge in [-0.1, -0.05) is 43.1 Å². The molecule has 0 N–H and O–H groups in total. The molecule has 0 radical (unpaired) electrons. The second-order valence-electron chi connectivity index (χ2n) is 2.87. The van der Waals surface area contributed by atoms with Crippen molar-refractivity contribution >= 4 is 23.2 Å². The van der Waals surface area contributed by atoms with E-state index in [4.69, 9.17) is 23.2 Å². The Morgan fingerprint density at radius 2 is 1.83 bits per heavy atom. The monoisotopic (exact) mass is 204 g/mol. The lowest BCUT2D eigenvalue weighted by molar-refractivity contribution is 0.792. The third-order valence-electron chi connectivity index (χ3n) is 1.43. The minimum Gasteiger partial charge on any atom is -0.0929 e. The van der Waals surface area contributed by atoms with Gasteiger partial charge >= 0.3 is 0 Å². The maximum atomic E-state index is 5.69. The first kappa shape index (κ1) is 11.8. The summed E-state index contributed by atoms with van der Waals surface area (Å²) in [6.45, 7) is 6.07. The van der Waals surface area contributed by atoms with Crippen molar-refractivity contribution in [2.45, 2.75) is 20.8 Å². The quantitative estimate of drug-likeness (QED) is 0.596. The van der Waals surface area contributed by atoms with E-state index in [1.54, 1.807) is 0 Å². The van der Waals surface area contributed by atoms with Gasteiger partial charge in [0.1, 0.15) is 0 Å². The predicted octanol–water partition coefficient (Wildman–Crippen LogP) is 4.46. The van der Waals surface area contributed by atoms with Gasteiger partial charge in [-0.25, -0.2) is 0 Å². The summed E-state index contributed by atoms with van der Waals surface area (Å²) in [6, 6.07) is 0. The Morgan fingerprint density at radius 3 is 2.17 bits per heavy atom. The summed E-state index contributed by atoms with van der Waals surface area (Å²) < 4.78 is 0. The van der Waals surface area contributed by atoms with Crippen LogP contribution in [0, 0.1) is 5.92 Å². The molecule has 68 valence electrons. The molecular weight excluding hydrogens is 191 g/mol. The van der Waals surface area contributed by atoms with Gasteiger partial charge in [0.15, 0.2) is 0 Å². The lowest BCUT2D eigenvalue weighted by atomic mass is 10.0. The van der Waals surface area contributed by atoms with Crippen molar-refractivity contribution in [1.82, 2.24) is 0 Å². The molecule has 0 aromatic rings. The molecule has 12 heavy (non-hydrogen) atoms. The molecule has 0 unspecified atom stereocenters. The fourth-order valence-corrected chi connectivity index (χ4v) is 0.933. The van der Waals surface area contributed by atoms with Crippen LogP contribution in [0.15, 0.2) is 34.4 Å². The van der Waals surface area contributed by atoms with Crippen LogP contribution >= 0.6 is 23.2 Å². The van der Waals surface area contributed by atoms with Gasteiger partial charge in [-0.3, -0.25) is 0 Å². The Labute approximate surface area is 84.6 Å². The lowest BCUT2D eigenvalue weighted by Crippen LogP contribution is -1.88. The average Bonchev–Trinajstić information content (AvgIpc) is 1.96. The van der Waals surface area contributed by atoms with Crippen LogP contribution in [0.25, 0.3) is 0 Å². The zero-order valence-electron chi connectivity index (χ0n) is 7.64. The normalized spacial score (nSPS) is 14.8. The molecule has 0 atom stereocenters. The molecule has 0 aliphatic heterocycles. The second-order valence-corrected chi connectivity index (χ2v) is 3.72. The molecule has 0 amide bonds. The summed E-state index contributed by atoms with van der Waals surface area (Å²) >= 11 is 11.2. The summed E-state index contributed by atoms with van der Waals surface area (Å²) in [7, 11) is 0. The highest BCUT2D eigenvalue weighted by atomic mass is 35.5. The van der Waals surface area contributed by atoms with Gasteiger partial charge in [0.05, 0.1) is 0 Å². The van der Waals surface area contributed by atoms with Gasteiger partial charge in [0.25, 0.3) is 0 Å². The van der Waals surface area contributed by atoms with Crippen molar-refractivity contribution in [2.75, 3.05) is 0 Å². The fourth-order valence-electron chi connectivity index (χ4n) is 0.724. The predicted molar refractivity (Wildman–Crippen MR) is 57.5 cm³/mol. The van der Waals surface area contributed by atoms with Crippen molar-refractivity contribution in [1.29, 1.82) is 0 Å². The van der Waals surface area contributed by atoms with E-state index >= 15 is 0 Å². The molecule has 0 aromatic carbocycles. The molecule has 0 bridgehead atoms. The summed E-state index contributed by atoms with van der Waals surface area (Å²) in [5.41, 5.74) is 2.69. The van der Waals surface area contributed by atoms with Gasteiger partial charge in [-0.05, 0) is 30.6 Å². The highest BCUT2D eigenvalue weighted by molar-refractivity contribution is 6.29. The Bertz CT molecular complexity index is 206. The summed E-state index contributed by atoms with van der Waals surface area (Å²) in [5.74, 6) is 0.465. The summed E-state index contributed by atoms with van der Waals surface area (Å²) in [5, 5.41) is 0.774. The minimum absolute atomic E-state index is 0.465. The average molecular weight is 205 g/mol. The zero-order chi connectivity index (χ0) is 9.56. The van der Waals surface area contributed by atoms with E-state index < -0.39 is 0 Å². The molecule has 0 rings (SSSR count). The first-order chi connectivity index (χ1) is 5.57. The van der Waals surface area contributed by atoms with Crippen molar-refractivity contribution in [3.05, 3.63) is 34.4 Å². The van der Waals surface area contributed by atoms with Crippen LogP contribution in [0.5, 0.6) is 0 Å². The molecule has 0 aliphatic rings. The van der Waals surface area contributed by atoms with Gasteiger partial charge in [0, 0.05) is 10.6 Å². The molecule has 0 saturated heterocycles. The molecule has 2 heteroatoms. The van der Waals surface area contributed by atoms with Crippen LogP contribution in [0.2, 0.25) is 0 Å². The standard InChI is InChI=1S/C10H14Cl2/c1-8(2)10(6-7-11)5-4-9(3)12/h4-8H,1-3H3/b7-6+,9-4+,10-5+. The van der Waals surface area contributed by atoms with Crippen LogP contribution in [0.4, 0.5) is 0 Å². The molecule has 0 spiro atoms. The Hall–Kier alpha value is -0.200. The molecule has 0 saturated carbocycles. The Kier molecular flexibility index (Phi) is 6.23. The number of halogens is 2. The van der Waals surface area contributed by atoms with Gasteiger partial charge in [0.2, 0.25) is 0 Å². The maximum absolute atomic E-state index is 5.69. The van der Waals surface area contributed by atoms with Crippen LogP contribution in [-0.2, 0) is 0 Å². The number of allylic oxidation sites excluding steroid dienone is 5. The Morgan fingerprint density at radius 1 is 1.25 bits per heavy atom. The van der Waals surface area contributed by atoms with Gasteiger partial charge in [-0.15, -0.1) is 0 Å². The maximum Gasteiger partial charge on any atom is 0.0150 e. The highest BCUT2D eigenvalue weighted by Gasteiger charge is 1.96. The van der Waals surface area contributed by atoms with E-state index in [2.05, 4.69) is 13.8 Å². The smallest absolute Gasteiger partial charge is 0.0150 e. The molecule has 0 fully saturated rings. The first-order valence-corrected chi connectivity index (χ1v) is 4.70. The van der Waals surface area contributed by atoms with Crippen LogP contribution < -0.4 is 0 Å². The molecule has 0 nitrogen and oxygen atoms in total. The third-order valence-corrected chi connectivity index (χ3v) is 1.68.